The lowest BCUT2D eigenvalue weighted by Gasteiger charge is -2.31. The number of rotatable bonds is 5. The standard InChI is InChI=1S/C22H26N4O3S/c1-13(2)11-29-22(28)26-6-3-14(4-7-26)19-17-9-16(15-5-8-30-12-15)10-18(21(23)27)20(17)25-24-19/h5,8-10,12-14H,3-4,6-7,11H2,1-2H3,(H2,23,27)(H,24,25). The zero-order chi connectivity index (χ0) is 21.3. The summed E-state index contributed by atoms with van der Waals surface area (Å²) >= 11 is 1.61. The van der Waals surface area contributed by atoms with Crippen molar-refractivity contribution < 1.29 is 14.3 Å². The van der Waals surface area contributed by atoms with Crippen molar-refractivity contribution in [2.45, 2.75) is 32.6 Å². The first kappa shape index (κ1) is 20.4. The van der Waals surface area contributed by atoms with E-state index in [1.165, 1.54) is 0 Å². The minimum absolute atomic E-state index is 0.225. The van der Waals surface area contributed by atoms with E-state index in [2.05, 4.69) is 16.3 Å². The highest BCUT2D eigenvalue weighted by atomic mass is 32.1. The molecule has 2 aromatic heterocycles. The van der Waals surface area contributed by atoms with Crippen LogP contribution in [0.1, 0.15) is 48.7 Å². The molecule has 0 aliphatic carbocycles. The zero-order valence-electron chi connectivity index (χ0n) is 17.2. The smallest absolute Gasteiger partial charge is 0.409 e. The molecule has 0 atom stereocenters. The highest BCUT2D eigenvalue weighted by molar-refractivity contribution is 7.08. The third kappa shape index (κ3) is 4.05. The molecule has 1 aliphatic rings. The van der Waals surface area contributed by atoms with Crippen molar-refractivity contribution in [1.82, 2.24) is 15.1 Å². The van der Waals surface area contributed by atoms with Crippen LogP contribution in [0.4, 0.5) is 4.79 Å². The summed E-state index contributed by atoms with van der Waals surface area (Å²) in [6.45, 7) is 5.75. The van der Waals surface area contributed by atoms with E-state index in [4.69, 9.17) is 10.5 Å². The van der Waals surface area contributed by atoms with E-state index in [9.17, 15) is 9.59 Å². The van der Waals surface area contributed by atoms with Crippen LogP contribution < -0.4 is 5.73 Å². The number of benzene rings is 1. The number of nitrogens with one attached hydrogen (secondary N) is 1. The molecule has 4 rings (SSSR count). The van der Waals surface area contributed by atoms with Crippen molar-refractivity contribution in [2.24, 2.45) is 11.7 Å². The van der Waals surface area contributed by atoms with E-state index in [-0.39, 0.29) is 12.0 Å². The molecule has 1 saturated heterocycles. The Labute approximate surface area is 179 Å². The van der Waals surface area contributed by atoms with Crippen LogP contribution in [-0.2, 0) is 4.74 Å². The summed E-state index contributed by atoms with van der Waals surface area (Å²) in [5, 5.41) is 12.5. The van der Waals surface area contributed by atoms with Gasteiger partial charge in [-0.2, -0.15) is 16.4 Å². The number of hydrogen-bond acceptors (Lipinski definition) is 5. The number of carbonyl (C=O) groups is 2. The number of aromatic amines is 1. The Balaban J connectivity index is 1.58. The number of fused-ring (bicyclic) bond motifs is 1. The highest BCUT2D eigenvalue weighted by Crippen LogP contribution is 2.35. The summed E-state index contributed by atoms with van der Waals surface area (Å²) in [5.74, 6) is 0.0557. The number of likely N-dealkylation sites (tertiary alicyclic amines) is 1. The number of amides is 2. The molecule has 158 valence electrons. The largest absolute Gasteiger partial charge is 0.449 e. The predicted molar refractivity (Wildman–Crippen MR) is 118 cm³/mol. The monoisotopic (exact) mass is 426 g/mol. The van der Waals surface area contributed by atoms with E-state index in [1.807, 2.05) is 36.7 Å². The van der Waals surface area contributed by atoms with Crippen molar-refractivity contribution in [2.75, 3.05) is 19.7 Å². The van der Waals surface area contributed by atoms with Crippen LogP contribution in [0.2, 0.25) is 0 Å². The molecular formula is C22H26N4O3S. The Bertz CT molecular complexity index is 1050. The minimum Gasteiger partial charge on any atom is -0.449 e. The Morgan fingerprint density at radius 3 is 2.70 bits per heavy atom. The average Bonchev–Trinajstić information content (AvgIpc) is 3.41. The molecule has 1 aliphatic heterocycles. The summed E-state index contributed by atoms with van der Waals surface area (Å²) in [5.41, 5.74) is 9.68. The number of carbonyl (C=O) groups excluding carboxylic acids is 2. The predicted octanol–water partition coefficient (Wildman–Crippen LogP) is 4.36. The van der Waals surface area contributed by atoms with E-state index in [0.29, 0.717) is 36.7 Å². The molecule has 0 radical (unpaired) electrons. The van der Waals surface area contributed by atoms with Crippen molar-refractivity contribution in [3.05, 3.63) is 40.2 Å². The molecule has 3 aromatic rings. The maximum Gasteiger partial charge on any atom is 0.409 e. The summed E-state index contributed by atoms with van der Waals surface area (Å²) in [6.07, 6.45) is 1.37. The van der Waals surface area contributed by atoms with Crippen LogP contribution in [0.5, 0.6) is 0 Å². The van der Waals surface area contributed by atoms with Crippen molar-refractivity contribution in [1.29, 1.82) is 0 Å². The number of nitrogens with two attached hydrogens (primary N) is 1. The van der Waals surface area contributed by atoms with Crippen molar-refractivity contribution in [3.8, 4) is 11.1 Å². The van der Waals surface area contributed by atoms with Crippen LogP contribution in [0, 0.1) is 5.92 Å². The van der Waals surface area contributed by atoms with Gasteiger partial charge in [0.1, 0.15) is 5.52 Å². The van der Waals surface area contributed by atoms with E-state index in [1.54, 1.807) is 16.2 Å². The lowest BCUT2D eigenvalue weighted by atomic mass is 9.90. The number of nitrogens with zero attached hydrogens (tertiary/aromatic N) is 2. The Hall–Kier alpha value is -2.87. The van der Waals surface area contributed by atoms with Gasteiger partial charge >= 0.3 is 6.09 Å². The molecule has 0 unspecified atom stereocenters. The van der Waals surface area contributed by atoms with E-state index >= 15 is 0 Å². The summed E-state index contributed by atoms with van der Waals surface area (Å²) in [4.78, 5) is 26.1. The van der Waals surface area contributed by atoms with Crippen LogP contribution in [0.15, 0.2) is 29.0 Å². The Morgan fingerprint density at radius 2 is 2.07 bits per heavy atom. The number of aromatic nitrogens is 2. The van der Waals surface area contributed by atoms with Gasteiger partial charge in [-0.3, -0.25) is 9.89 Å². The van der Waals surface area contributed by atoms with Gasteiger partial charge in [-0.1, -0.05) is 13.8 Å². The number of ether oxygens (including phenoxy) is 1. The minimum atomic E-state index is -0.488. The number of primary amides is 1. The molecule has 1 fully saturated rings. The number of hydrogen-bond donors (Lipinski definition) is 2. The van der Waals surface area contributed by atoms with Gasteiger partial charge in [-0.15, -0.1) is 0 Å². The Morgan fingerprint density at radius 1 is 1.30 bits per heavy atom. The maximum atomic E-state index is 12.2. The molecular weight excluding hydrogens is 400 g/mol. The molecule has 8 heteroatoms. The molecule has 7 nitrogen and oxygen atoms in total. The van der Waals surface area contributed by atoms with Crippen molar-refractivity contribution in [3.63, 3.8) is 0 Å². The zero-order valence-corrected chi connectivity index (χ0v) is 18.0. The fourth-order valence-corrected chi connectivity index (χ4v) is 4.58. The third-order valence-electron chi connectivity index (χ3n) is 5.51. The molecule has 0 bridgehead atoms. The maximum absolute atomic E-state index is 12.2. The normalized spacial score (nSPS) is 15.1. The van der Waals surface area contributed by atoms with Gasteiger partial charge in [0.15, 0.2) is 0 Å². The molecule has 3 heterocycles. The SMILES string of the molecule is CC(C)COC(=O)N1CCC(c2[nH]nc3c(C(N)=O)cc(-c4ccsc4)cc23)CC1. The first-order valence-corrected chi connectivity index (χ1v) is 11.1. The van der Waals surface area contributed by atoms with E-state index < -0.39 is 5.91 Å². The lowest BCUT2D eigenvalue weighted by molar-refractivity contribution is 0.0833. The topological polar surface area (TPSA) is 101 Å². The number of piperidine rings is 1. The molecule has 0 spiro atoms. The second-order valence-corrected chi connectivity index (χ2v) is 8.95. The molecule has 3 N–H and O–H groups in total. The number of H-pyrrole nitrogens is 1. The first-order valence-electron chi connectivity index (χ1n) is 10.2. The van der Waals surface area contributed by atoms with Gasteiger partial charge < -0.3 is 15.4 Å². The summed E-state index contributed by atoms with van der Waals surface area (Å²) in [7, 11) is 0. The number of thiophene rings is 1. The van der Waals surface area contributed by atoms with Gasteiger partial charge in [-0.05, 0) is 58.8 Å². The second kappa shape index (κ2) is 8.47. The molecule has 0 saturated carbocycles. The Kier molecular flexibility index (Phi) is 5.76. The second-order valence-electron chi connectivity index (χ2n) is 8.17. The highest BCUT2D eigenvalue weighted by Gasteiger charge is 2.28. The molecule has 30 heavy (non-hydrogen) atoms. The van der Waals surface area contributed by atoms with Gasteiger partial charge in [-0.25, -0.2) is 4.79 Å². The first-order chi connectivity index (χ1) is 14.4. The quantitative estimate of drug-likeness (QED) is 0.633. The third-order valence-corrected chi connectivity index (χ3v) is 6.19. The van der Waals surface area contributed by atoms with Crippen LogP contribution in [0.3, 0.4) is 0 Å². The molecule has 1 aromatic carbocycles. The van der Waals surface area contributed by atoms with Crippen LogP contribution in [0.25, 0.3) is 22.0 Å². The van der Waals surface area contributed by atoms with Gasteiger partial charge in [0, 0.05) is 30.1 Å². The van der Waals surface area contributed by atoms with Crippen LogP contribution in [-0.4, -0.2) is 46.8 Å². The van der Waals surface area contributed by atoms with Gasteiger partial charge in [0.05, 0.1) is 12.2 Å². The average molecular weight is 427 g/mol. The van der Waals surface area contributed by atoms with E-state index in [0.717, 1.165) is 35.0 Å². The van der Waals surface area contributed by atoms with Crippen molar-refractivity contribution >= 4 is 34.2 Å². The lowest BCUT2D eigenvalue weighted by Crippen LogP contribution is -2.38. The fourth-order valence-electron chi connectivity index (χ4n) is 3.91. The molecule has 2 amide bonds. The summed E-state index contributed by atoms with van der Waals surface area (Å²) < 4.78 is 5.35. The summed E-state index contributed by atoms with van der Waals surface area (Å²) in [6, 6.07) is 5.91. The van der Waals surface area contributed by atoms with Gasteiger partial charge in [0.2, 0.25) is 0 Å². The van der Waals surface area contributed by atoms with Crippen LogP contribution >= 0.6 is 11.3 Å². The fraction of sp³-hybridized carbons (Fsp3) is 0.409. The van der Waals surface area contributed by atoms with Gasteiger partial charge in [0.25, 0.3) is 5.91 Å².